The number of nitrogens with one attached hydrogen (secondary N) is 1. The van der Waals surface area contributed by atoms with Crippen molar-refractivity contribution in [2.75, 3.05) is 39.3 Å². The maximum absolute atomic E-state index is 9.74. The summed E-state index contributed by atoms with van der Waals surface area (Å²) in [5, 5.41) is 13.2. The van der Waals surface area contributed by atoms with E-state index in [0.717, 1.165) is 50.9 Å². The van der Waals surface area contributed by atoms with Gasteiger partial charge in [-0.1, -0.05) is 19.3 Å². The van der Waals surface area contributed by atoms with E-state index in [9.17, 15) is 5.11 Å². The van der Waals surface area contributed by atoms with E-state index in [1.54, 1.807) is 0 Å². The van der Waals surface area contributed by atoms with E-state index in [0.29, 0.717) is 6.04 Å². The van der Waals surface area contributed by atoms with Crippen molar-refractivity contribution in [2.45, 2.75) is 76.9 Å². The molecule has 1 aliphatic carbocycles. The van der Waals surface area contributed by atoms with Gasteiger partial charge in [-0.05, 0) is 57.9 Å². The van der Waals surface area contributed by atoms with E-state index in [-0.39, 0.29) is 30.1 Å². The second-order valence-electron chi connectivity index (χ2n) is 8.21. The van der Waals surface area contributed by atoms with Crippen LogP contribution in [0.2, 0.25) is 0 Å². The van der Waals surface area contributed by atoms with Gasteiger partial charge in [0.2, 0.25) is 0 Å². The van der Waals surface area contributed by atoms with Gasteiger partial charge in [-0.25, -0.2) is 0 Å². The molecule has 1 saturated carbocycles. The summed E-state index contributed by atoms with van der Waals surface area (Å²) >= 11 is 0. The minimum absolute atomic E-state index is 0. The van der Waals surface area contributed by atoms with Crippen LogP contribution in [0.15, 0.2) is 4.99 Å². The number of guanidine groups is 1. The van der Waals surface area contributed by atoms with Gasteiger partial charge in [0.05, 0.1) is 12.6 Å². The Kier molecular flexibility index (Phi) is 9.99. The topological polar surface area (TPSA) is 51.1 Å². The first-order valence-corrected chi connectivity index (χ1v) is 10.7. The van der Waals surface area contributed by atoms with E-state index in [4.69, 9.17) is 4.99 Å². The molecule has 2 saturated heterocycles. The molecule has 1 atom stereocenters. The molecule has 0 radical (unpaired) electrons. The first-order valence-electron chi connectivity index (χ1n) is 10.7. The lowest BCUT2D eigenvalue weighted by molar-refractivity contribution is 0.108. The third kappa shape index (κ3) is 6.51. The van der Waals surface area contributed by atoms with E-state index in [2.05, 4.69) is 22.0 Å². The van der Waals surface area contributed by atoms with E-state index in [1.165, 1.54) is 58.0 Å². The van der Waals surface area contributed by atoms with Crippen LogP contribution in [0.5, 0.6) is 0 Å². The smallest absolute Gasteiger partial charge is 0.193 e. The summed E-state index contributed by atoms with van der Waals surface area (Å²) in [7, 11) is 0. The van der Waals surface area contributed by atoms with Crippen LogP contribution in [0.4, 0.5) is 0 Å². The fraction of sp³-hybridized carbons (Fsp3) is 0.950. The standard InChI is InChI=1S/C20H38N4O.HI/c1-2-21-20(23-13-10-19(25)11-14-23)22-15-18-9-6-12-24(18)16-17-7-4-3-5-8-17;/h17-19,25H,2-16H2,1H3,(H,21,22);1H. The second kappa shape index (κ2) is 11.7. The van der Waals surface area contributed by atoms with Crippen molar-refractivity contribution in [1.29, 1.82) is 0 Å². The van der Waals surface area contributed by atoms with Crippen LogP contribution in [0.1, 0.15) is 64.7 Å². The molecule has 152 valence electrons. The molecule has 0 amide bonds. The van der Waals surface area contributed by atoms with Crippen molar-refractivity contribution >= 4 is 29.9 Å². The zero-order valence-electron chi connectivity index (χ0n) is 16.5. The van der Waals surface area contributed by atoms with E-state index in [1.807, 2.05) is 0 Å². The van der Waals surface area contributed by atoms with Crippen molar-refractivity contribution in [3.63, 3.8) is 0 Å². The van der Waals surface area contributed by atoms with Gasteiger partial charge in [-0.3, -0.25) is 9.89 Å². The van der Waals surface area contributed by atoms with Gasteiger partial charge in [0.15, 0.2) is 5.96 Å². The molecule has 3 aliphatic rings. The fourth-order valence-corrected chi connectivity index (χ4v) is 4.74. The minimum atomic E-state index is -0.125. The number of hydrogen-bond acceptors (Lipinski definition) is 3. The van der Waals surface area contributed by atoms with Gasteiger partial charge in [-0.2, -0.15) is 0 Å². The average Bonchev–Trinajstić information content (AvgIpc) is 3.07. The summed E-state index contributed by atoms with van der Waals surface area (Å²) in [5.41, 5.74) is 0. The van der Waals surface area contributed by atoms with Crippen molar-refractivity contribution in [3.05, 3.63) is 0 Å². The molecule has 0 aromatic rings. The zero-order chi connectivity index (χ0) is 17.5. The maximum atomic E-state index is 9.74. The van der Waals surface area contributed by atoms with Gasteiger partial charge in [0, 0.05) is 32.2 Å². The predicted molar refractivity (Wildman–Crippen MR) is 119 cm³/mol. The third-order valence-corrected chi connectivity index (χ3v) is 6.27. The summed E-state index contributed by atoms with van der Waals surface area (Å²) < 4.78 is 0. The third-order valence-electron chi connectivity index (χ3n) is 6.27. The summed E-state index contributed by atoms with van der Waals surface area (Å²) in [6.45, 7) is 8.38. The van der Waals surface area contributed by atoms with Gasteiger partial charge in [0.25, 0.3) is 0 Å². The highest BCUT2D eigenvalue weighted by molar-refractivity contribution is 14.0. The SMILES string of the molecule is CCNC(=NCC1CCCN1CC1CCCCC1)N1CCC(O)CC1.I. The Bertz CT molecular complexity index is 420. The fourth-order valence-electron chi connectivity index (χ4n) is 4.74. The lowest BCUT2D eigenvalue weighted by Crippen LogP contribution is -2.47. The second-order valence-corrected chi connectivity index (χ2v) is 8.21. The van der Waals surface area contributed by atoms with Crippen LogP contribution < -0.4 is 5.32 Å². The molecular formula is C20H39IN4O. The molecule has 2 aliphatic heterocycles. The van der Waals surface area contributed by atoms with Crippen LogP contribution in [0, 0.1) is 5.92 Å². The summed E-state index contributed by atoms with van der Waals surface area (Å²) in [6.07, 6.45) is 11.4. The Hall–Kier alpha value is -0.0800. The number of halogens is 1. The molecule has 6 heteroatoms. The first kappa shape index (κ1) is 22.2. The largest absolute Gasteiger partial charge is 0.393 e. The number of aliphatic hydroxyl groups is 1. The number of hydrogen-bond donors (Lipinski definition) is 2. The van der Waals surface area contributed by atoms with Crippen molar-refractivity contribution in [2.24, 2.45) is 10.9 Å². The Morgan fingerprint density at radius 3 is 2.42 bits per heavy atom. The normalized spacial score (nSPS) is 26.8. The number of rotatable bonds is 5. The number of piperidine rings is 1. The summed E-state index contributed by atoms with van der Waals surface area (Å²) in [6, 6.07) is 0.631. The molecule has 0 bridgehead atoms. The van der Waals surface area contributed by atoms with Crippen molar-refractivity contribution in [1.82, 2.24) is 15.1 Å². The molecule has 26 heavy (non-hydrogen) atoms. The Balaban J connectivity index is 0.00000243. The van der Waals surface area contributed by atoms with Crippen LogP contribution >= 0.6 is 24.0 Å². The highest BCUT2D eigenvalue weighted by Gasteiger charge is 2.28. The molecule has 0 spiro atoms. The lowest BCUT2D eigenvalue weighted by Gasteiger charge is -2.33. The molecule has 5 nitrogen and oxygen atoms in total. The molecule has 0 aromatic carbocycles. The first-order chi connectivity index (χ1) is 12.3. The molecule has 2 heterocycles. The molecule has 3 fully saturated rings. The number of aliphatic hydroxyl groups excluding tert-OH is 1. The van der Waals surface area contributed by atoms with Crippen LogP contribution in [0.25, 0.3) is 0 Å². The molecule has 3 rings (SSSR count). The number of likely N-dealkylation sites (tertiary alicyclic amines) is 2. The predicted octanol–water partition coefficient (Wildman–Crippen LogP) is 3.07. The quantitative estimate of drug-likeness (QED) is 0.363. The van der Waals surface area contributed by atoms with Crippen LogP contribution in [0.3, 0.4) is 0 Å². The highest BCUT2D eigenvalue weighted by atomic mass is 127. The van der Waals surface area contributed by atoms with Crippen LogP contribution in [-0.2, 0) is 0 Å². The Labute approximate surface area is 177 Å². The maximum Gasteiger partial charge on any atom is 0.193 e. The molecule has 0 aromatic heterocycles. The Morgan fingerprint density at radius 2 is 1.73 bits per heavy atom. The summed E-state index contributed by atoms with van der Waals surface area (Å²) in [5.74, 6) is 1.98. The number of aliphatic imine (C=N–C) groups is 1. The van der Waals surface area contributed by atoms with Gasteiger partial charge in [0.1, 0.15) is 0 Å². The van der Waals surface area contributed by atoms with Crippen molar-refractivity contribution in [3.8, 4) is 0 Å². The Morgan fingerprint density at radius 1 is 1.00 bits per heavy atom. The minimum Gasteiger partial charge on any atom is -0.393 e. The molecular weight excluding hydrogens is 439 g/mol. The highest BCUT2D eigenvalue weighted by Crippen LogP contribution is 2.27. The van der Waals surface area contributed by atoms with Gasteiger partial charge >= 0.3 is 0 Å². The average molecular weight is 478 g/mol. The van der Waals surface area contributed by atoms with Gasteiger partial charge in [-0.15, -0.1) is 24.0 Å². The van der Waals surface area contributed by atoms with Crippen molar-refractivity contribution < 1.29 is 5.11 Å². The molecule has 1 unspecified atom stereocenters. The monoisotopic (exact) mass is 478 g/mol. The summed E-state index contributed by atoms with van der Waals surface area (Å²) in [4.78, 5) is 10.1. The van der Waals surface area contributed by atoms with E-state index < -0.39 is 0 Å². The zero-order valence-corrected chi connectivity index (χ0v) is 18.9. The van der Waals surface area contributed by atoms with E-state index >= 15 is 0 Å². The van der Waals surface area contributed by atoms with Gasteiger partial charge < -0.3 is 15.3 Å². The number of nitrogens with zero attached hydrogens (tertiary/aromatic N) is 3. The molecule has 2 N–H and O–H groups in total. The lowest BCUT2D eigenvalue weighted by atomic mass is 9.89. The van der Waals surface area contributed by atoms with Crippen LogP contribution in [-0.4, -0.2) is 72.3 Å².